The Morgan fingerprint density at radius 1 is 1.09 bits per heavy atom. The van der Waals surface area contributed by atoms with Crippen molar-refractivity contribution in [1.29, 1.82) is 0 Å². The third-order valence-corrected chi connectivity index (χ3v) is 4.28. The van der Waals surface area contributed by atoms with Gasteiger partial charge < -0.3 is 10.2 Å². The van der Waals surface area contributed by atoms with Gasteiger partial charge in [0.15, 0.2) is 0 Å². The van der Waals surface area contributed by atoms with E-state index in [-0.39, 0.29) is 5.91 Å². The van der Waals surface area contributed by atoms with Gasteiger partial charge in [-0.1, -0.05) is 35.4 Å². The molecule has 0 aromatic heterocycles. The number of nitrogens with zero attached hydrogens (tertiary/aromatic N) is 1. The number of rotatable bonds is 3. The third kappa shape index (κ3) is 3.09. The molecule has 3 rings (SSSR count). The van der Waals surface area contributed by atoms with Gasteiger partial charge in [-0.2, -0.15) is 0 Å². The number of para-hydroxylation sites is 1. The second kappa shape index (κ2) is 6.41. The first-order valence-corrected chi connectivity index (χ1v) is 7.94. The van der Waals surface area contributed by atoms with E-state index in [9.17, 15) is 4.79 Å². The third-order valence-electron chi connectivity index (χ3n) is 3.97. The lowest BCUT2D eigenvalue weighted by Crippen LogP contribution is -2.21. The minimum Gasteiger partial charge on any atom is -0.369 e. The van der Waals surface area contributed by atoms with Gasteiger partial charge in [0.1, 0.15) is 0 Å². The molecular weight excluding hydrogens is 296 g/mol. The summed E-state index contributed by atoms with van der Waals surface area (Å²) >= 11 is 6.37. The molecule has 0 radical (unpaired) electrons. The predicted octanol–water partition coefficient (Wildman–Crippen LogP) is 4.50. The van der Waals surface area contributed by atoms with E-state index < -0.39 is 0 Å². The monoisotopic (exact) mass is 314 g/mol. The van der Waals surface area contributed by atoms with Crippen LogP contribution < -0.4 is 10.2 Å². The summed E-state index contributed by atoms with van der Waals surface area (Å²) in [5.74, 6) is -0.109. The van der Waals surface area contributed by atoms with Crippen LogP contribution in [-0.4, -0.2) is 19.0 Å². The lowest BCUT2D eigenvalue weighted by atomic mass is 10.1. The Balaban J connectivity index is 1.87. The summed E-state index contributed by atoms with van der Waals surface area (Å²) in [6, 6.07) is 13.2. The molecule has 3 nitrogen and oxygen atoms in total. The van der Waals surface area contributed by atoms with Gasteiger partial charge in [0.05, 0.1) is 16.4 Å². The smallest absolute Gasteiger partial charge is 0.255 e. The van der Waals surface area contributed by atoms with E-state index in [0.717, 1.165) is 42.9 Å². The molecule has 0 saturated carbocycles. The fourth-order valence-corrected chi connectivity index (χ4v) is 3.07. The highest BCUT2D eigenvalue weighted by atomic mass is 35.5. The van der Waals surface area contributed by atoms with Crippen LogP contribution in [0.1, 0.15) is 28.8 Å². The normalized spacial score (nSPS) is 14.2. The molecular formula is C18H19ClN2O. The summed E-state index contributed by atoms with van der Waals surface area (Å²) in [4.78, 5) is 14.7. The van der Waals surface area contributed by atoms with Gasteiger partial charge in [-0.05, 0) is 44.0 Å². The lowest BCUT2D eigenvalue weighted by Gasteiger charge is -2.23. The van der Waals surface area contributed by atoms with E-state index in [1.807, 2.05) is 49.4 Å². The van der Waals surface area contributed by atoms with Crippen molar-refractivity contribution in [3.05, 3.63) is 58.6 Å². The first-order valence-electron chi connectivity index (χ1n) is 7.56. The summed E-state index contributed by atoms with van der Waals surface area (Å²) < 4.78 is 0. The van der Waals surface area contributed by atoms with Crippen molar-refractivity contribution in [2.75, 3.05) is 23.3 Å². The Labute approximate surface area is 135 Å². The molecule has 4 heteroatoms. The SMILES string of the molecule is Cc1ccc(C(=O)Nc2cccc(Cl)c2N2CCCC2)cc1. The number of carbonyl (C=O) groups excluding carboxylic acids is 1. The first kappa shape index (κ1) is 14.9. The molecule has 1 aliphatic rings. The maximum atomic E-state index is 12.4. The van der Waals surface area contributed by atoms with Crippen LogP contribution in [0.25, 0.3) is 0 Å². The molecule has 0 spiro atoms. The molecule has 22 heavy (non-hydrogen) atoms. The maximum Gasteiger partial charge on any atom is 0.255 e. The van der Waals surface area contributed by atoms with E-state index in [1.54, 1.807) is 0 Å². The average molecular weight is 315 g/mol. The molecule has 1 aliphatic heterocycles. The molecule has 1 amide bonds. The highest BCUT2D eigenvalue weighted by Gasteiger charge is 2.20. The second-order valence-corrected chi connectivity index (χ2v) is 6.06. The fourth-order valence-electron chi connectivity index (χ4n) is 2.78. The molecule has 1 N–H and O–H groups in total. The van der Waals surface area contributed by atoms with Crippen molar-refractivity contribution in [1.82, 2.24) is 0 Å². The molecule has 2 aromatic carbocycles. The Hall–Kier alpha value is -2.00. The lowest BCUT2D eigenvalue weighted by molar-refractivity contribution is 0.102. The van der Waals surface area contributed by atoms with Crippen LogP contribution in [-0.2, 0) is 0 Å². The van der Waals surface area contributed by atoms with Crippen molar-refractivity contribution in [3.63, 3.8) is 0 Å². The minimum absolute atomic E-state index is 0.109. The minimum atomic E-state index is -0.109. The zero-order valence-corrected chi connectivity index (χ0v) is 13.4. The Bertz CT molecular complexity index is 676. The van der Waals surface area contributed by atoms with Crippen LogP contribution in [0.2, 0.25) is 5.02 Å². The topological polar surface area (TPSA) is 32.3 Å². The molecule has 0 atom stereocenters. The van der Waals surface area contributed by atoms with E-state index in [4.69, 9.17) is 11.6 Å². The number of benzene rings is 2. The molecule has 2 aromatic rings. The van der Waals surface area contributed by atoms with Crippen LogP contribution in [0, 0.1) is 6.92 Å². The summed E-state index contributed by atoms with van der Waals surface area (Å²) in [6.45, 7) is 3.97. The van der Waals surface area contributed by atoms with Crippen LogP contribution in [0.5, 0.6) is 0 Å². The zero-order chi connectivity index (χ0) is 15.5. The molecule has 1 heterocycles. The van der Waals surface area contributed by atoms with Gasteiger partial charge in [0.25, 0.3) is 5.91 Å². The largest absolute Gasteiger partial charge is 0.369 e. The maximum absolute atomic E-state index is 12.4. The Morgan fingerprint density at radius 3 is 2.45 bits per heavy atom. The van der Waals surface area contributed by atoms with E-state index >= 15 is 0 Å². The molecule has 1 fully saturated rings. The summed E-state index contributed by atoms with van der Waals surface area (Å²) in [5.41, 5.74) is 3.50. The van der Waals surface area contributed by atoms with Crippen LogP contribution in [0.3, 0.4) is 0 Å². The highest BCUT2D eigenvalue weighted by Crippen LogP contribution is 2.36. The fraction of sp³-hybridized carbons (Fsp3) is 0.278. The number of halogens is 1. The quantitative estimate of drug-likeness (QED) is 0.904. The number of hydrogen-bond acceptors (Lipinski definition) is 2. The summed E-state index contributed by atoms with van der Waals surface area (Å²) in [7, 11) is 0. The van der Waals surface area contributed by atoms with Gasteiger partial charge >= 0.3 is 0 Å². The van der Waals surface area contributed by atoms with Crippen molar-refractivity contribution < 1.29 is 4.79 Å². The number of amides is 1. The number of aryl methyl sites for hydroxylation is 1. The second-order valence-electron chi connectivity index (χ2n) is 5.65. The van der Waals surface area contributed by atoms with E-state index in [1.165, 1.54) is 0 Å². The van der Waals surface area contributed by atoms with Gasteiger partial charge in [0.2, 0.25) is 0 Å². The van der Waals surface area contributed by atoms with Crippen LogP contribution >= 0.6 is 11.6 Å². The Morgan fingerprint density at radius 2 is 1.77 bits per heavy atom. The molecule has 114 valence electrons. The first-order chi connectivity index (χ1) is 10.6. The van der Waals surface area contributed by atoms with E-state index in [2.05, 4.69) is 10.2 Å². The van der Waals surface area contributed by atoms with Crippen LogP contribution in [0.4, 0.5) is 11.4 Å². The van der Waals surface area contributed by atoms with Crippen molar-refractivity contribution >= 4 is 28.9 Å². The molecule has 1 saturated heterocycles. The molecule has 0 unspecified atom stereocenters. The number of anilines is 2. The van der Waals surface area contributed by atoms with Gasteiger partial charge in [-0.15, -0.1) is 0 Å². The standard InChI is InChI=1S/C18H19ClN2O/c1-13-7-9-14(10-8-13)18(22)20-16-6-4-5-15(19)17(16)21-11-2-3-12-21/h4-10H,2-3,11-12H2,1H3,(H,20,22). The Kier molecular flexibility index (Phi) is 4.34. The molecule has 0 bridgehead atoms. The van der Waals surface area contributed by atoms with Gasteiger partial charge in [-0.3, -0.25) is 4.79 Å². The van der Waals surface area contributed by atoms with Crippen molar-refractivity contribution in [3.8, 4) is 0 Å². The number of nitrogens with one attached hydrogen (secondary N) is 1. The zero-order valence-electron chi connectivity index (χ0n) is 12.6. The van der Waals surface area contributed by atoms with Gasteiger partial charge in [0, 0.05) is 18.7 Å². The summed E-state index contributed by atoms with van der Waals surface area (Å²) in [6.07, 6.45) is 2.33. The average Bonchev–Trinajstić information content (AvgIpc) is 3.02. The number of hydrogen-bond donors (Lipinski definition) is 1. The number of carbonyl (C=O) groups is 1. The van der Waals surface area contributed by atoms with Gasteiger partial charge in [-0.25, -0.2) is 0 Å². The highest BCUT2D eigenvalue weighted by molar-refractivity contribution is 6.34. The molecule has 0 aliphatic carbocycles. The predicted molar refractivity (Wildman–Crippen MR) is 92.0 cm³/mol. The van der Waals surface area contributed by atoms with Crippen molar-refractivity contribution in [2.24, 2.45) is 0 Å². The summed E-state index contributed by atoms with van der Waals surface area (Å²) in [5, 5.41) is 3.68. The van der Waals surface area contributed by atoms with Crippen molar-refractivity contribution in [2.45, 2.75) is 19.8 Å². The van der Waals surface area contributed by atoms with E-state index in [0.29, 0.717) is 10.6 Å². The van der Waals surface area contributed by atoms with Crippen LogP contribution in [0.15, 0.2) is 42.5 Å².